The zero-order valence-corrected chi connectivity index (χ0v) is 14.9. The first-order valence-corrected chi connectivity index (χ1v) is 9.19. The lowest BCUT2D eigenvalue weighted by Crippen LogP contribution is -2.49. The Kier molecular flexibility index (Phi) is 8.05. The van der Waals surface area contributed by atoms with Crippen molar-refractivity contribution in [2.24, 2.45) is 5.73 Å². The lowest BCUT2D eigenvalue weighted by Gasteiger charge is -2.34. The second-order valence-electron chi connectivity index (χ2n) is 6.36. The molecule has 1 amide bonds. The molecule has 2 rings (SSSR count). The number of hydrogen-bond donors (Lipinski definition) is 1. The molecule has 1 aromatic rings. The van der Waals surface area contributed by atoms with Crippen LogP contribution >= 0.6 is 0 Å². The van der Waals surface area contributed by atoms with Crippen LogP contribution in [0.5, 0.6) is 5.75 Å². The van der Waals surface area contributed by atoms with Gasteiger partial charge in [-0.15, -0.1) is 0 Å². The fraction of sp³-hybridized carbons (Fsp3) is 0.632. The monoisotopic (exact) mass is 333 g/mol. The van der Waals surface area contributed by atoms with Crippen LogP contribution in [0.2, 0.25) is 0 Å². The number of ether oxygens (including phenoxy) is 1. The zero-order chi connectivity index (χ0) is 17.2. The van der Waals surface area contributed by atoms with Crippen LogP contribution in [0.4, 0.5) is 0 Å². The van der Waals surface area contributed by atoms with Crippen molar-refractivity contribution in [2.75, 3.05) is 45.9 Å². The van der Waals surface area contributed by atoms with E-state index in [0.717, 1.165) is 70.0 Å². The number of carbonyl (C=O) groups excluding carboxylic acids is 1. The Morgan fingerprint density at radius 3 is 2.42 bits per heavy atom. The van der Waals surface area contributed by atoms with E-state index < -0.39 is 0 Å². The molecule has 0 radical (unpaired) electrons. The summed E-state index contributed by atoms with van der Waals surface area (Å²) in [5.74, 6) is 0.959. The Morgan fingerprint density at radius 1 is 1.08 bits per heavy atom. The highest BCUT2D eigenvalue weighted by atomic mass is 16.5. The van der Waals surface area contributed by atoms with Crippen LogP contribution in [0.3, 0.4) is 0 Å². The largest absolute Gasteiger partial charge is 0.494 e. The Labute approximate surface area is 145 Å². The van der Waals surface area contributed by atoms with Gasteiger partial charge < -0.3 is 15.4 Å². The predicted octanol–water partition coefficient (Wildman–Crippen LogP) is 2.36. The van der Waals surface area contributed by atoms with Gasteiger partial charge >= 0.3 is 0 Å². The third kappa shape index (κ3) is 5.80. The van der Waals surface area contributed by atoms with Crippen LogP contribution < -0.4 is 10.5 Å². The molecule has 1 saturated heterocycles. The van der Waals surface area contributed by atoms with Crippen molar-refractivity contribution in [3.63, 3.8) is 0 Å². The Bertz CT molecular complexity index is 482. The van der Waals surface area contributed by atoms with Crippen molar-refractivity contribution in [2.45, 2.75) is 32.6 Å². The van der Waals surface area contributed by atoms with Crippen LogP contribution in [-0.2, 0) is 0 Å². The van der Waals surface area contributed by atoms with Crippen molar-refractivity contribution < 1.29 is 9.53 Å². The first-order valence-electron chi connectivity index (χ1n) is 9.19. The highest BCUT2D eigenvalue weighted by molar-refractivity contribution is 5.94. The molecule has 0 atom stereocenters. The summed E-state index contributed by atoms with van der Waals surface area (Å²) >= 11 is 0. The van der Waals surface area contributed by atoms with Gasteiger partial charge in [0, 0.05) is 31.7 Å². The highest BCUT2D eigenvalue weighted by Gasteiger charge is 2.21. The molecule has 24 heavy (non-hydrogen) atoms. The average molecular weight is 333 g/mol. The molecule has 0 saturated carbocycles. The van der Waals surface area contributed by atoms with E-state index in [-0.39, 0.29) is 5.91 Å². The smallest absolute Gasteiger partial charge is 0.253 e. The second-order valence-corrected chi connectivity index (χ2v) is 6.36. The van der Waals surface area contributed by atoms with Crippen molar-refractivity contribution in [1.29, 1.82) is 0 Å². The summed E-state index contributed by atoms with van der Waals surface area (Å²) in [6.07, 6.45) is 4.48. The van der Waals surface area contributed by atoms with Gasteiger partial charge in [0.1, 0.15) is 5.75 Å². The van der Waals surface area contributed by atoms with Gasteiger partial charge in [0.25, 0.3) is 5.91 Å². The molecule has 0 unspecified atom stereocenters. The zero-order valence-electron chi connectivity index (χ0n) is 14.9. The first-order chi connectivity index (χ1) is 11.7. The fourth-order valence-electron chi connectivity index (χ4n) is 2.91. The van der Waals surface area contributed by atoms with Crippen LogP contribution in [0.1, 0.15) is 43.0 Å². The van der Waals surface area contributed by atoms with E-state index in [0.29, 0.717) is 0 Å². The number of nitrogens with zero attached hydrogens (tertiary/aromatic N) is 2. The number of unbranched alkanes of at least 4 members (excludes halogenated alkanes) is 2. The molecule has 1 fully saturated rings. The maximum absolute atomic E-state index is 12.6. The molecule has 1 aliphatic heterocycles. The minimum absolute atomic E-state index is 0.117. The Morgan fingerprint density at radius 2 is 1.79 bits per heavy atom. The lowest BCUT2D eigenvalue weighted by molar-refractivity contribution is 0.0636. The number of amides is 1. The number of benzene rings is 1. The summed E-state index contributed by atoms with van der Waals surface area (Å²) in [5, 5.41) is 0. The summed E-state index contributed by atoms with van der Waals surface area (Å²) < 4.78 is 5.70. The minimum Gasteiger partial charge on any atom is -0.494 e. The van der Waals surface area contributed by atoms with E-state index in [1.807, 2.05) is 29.2 Å². The van der Waals surface area contributed by atoms with Gasteiger partial charge in [0.05, 0.1) is 6.61 Å². The third-order valence-corrected chi connectivity index (χ3v) is 4.46. The van der Waals surface area contributed by atoms with Gasteiger partial charge in [-0.2, -0.15) is 0 Å². The maximum atomic E-state index is 12.6. The topological polar surface area (TPSA) is 58.8 Å². The molecule has 1 aromatic carbocycles. The molecule has 0 aliphatic carbocycles. The van der Waals surface area contributed by atoms with Crippen molar-refractivity contribution >= 4 is 5.91 Å². The summed E-state index contributed by atoms with van der Waals surface area (Å²) in [5.41, 5.74) is 6.30. The van der Waals surface area contributed by atoms with E-state index >= 15 is 0 Å². The summed E-state index contributed by atoms with van der Waals surface area (Å²) in [4.78, 5) is 16.9. The quantitative estimate of drug-likeness (QED) is 0.705. The second kappa shape index (κ2) is 10.3. The number of nitrogens with two attached hydrogens (primary N) is 1. The fourth-order valence-corrected chi connectivity index (χ4v) is 2.91. The molecular weight excluding hydrogens is 302 g/mol. The van der Waals surface area contributed by atoms with Crippen LogP contribution in [0.15, 0.2) is 24.3 Å². The van der Waals surface area contributed by atoms with Gasteiger partial charge in [-0.05, 0) is 50.2 Å². The van der Waals surface area contributed by atoms with Gasteiger partial charge in [-0.3, -0.25) is 9.69 Å². The third-order valence-electron chi connectivity index (χ3n) is 4.46. The number of hydrogen-bond acceptors (Lipinski definition) is 4. The molecule has 0 spiro atoms. The van der Waals surface area contributed by atoms with E-state index in [2.05, 4.69) is 11.8 Å². The molecule has 5 nitrogen and oxygen atoms in total. The minimum atomic E-state index is 0.117. The van der Waals surface area contributed by atoms with E-state index in [1.165, 1.54) is 12.8 Å². The lowest BCUT2D eigenvalue weighted by atomic mass is 10.1. The average Bonchev–Trinajstić information content (AvgIpc) is 2.64. The SMILES string of the molecule is CCCCCOc1ccc(C(=O)N2CCN(CCCN)CC2)cc1. The molecule has 2 N–H and O–H groups in total. The number of carbonyl (C=O) groups is 1. The highest BCUT2D eigenvalue weighted by Crippen LogP contribution is 2.15. The Hall–Kier alpha value is -1.59. The van der Waals surface area contributed by atoms with Crippen LogP contribution in [-0.4, -0.2) is 61.6 Å². The van der Waals surface area contributed by atoms with E-state index in [9.17, 15) is 4.79 Å². The molecule has 1 aliphatic rings. The number of rotatable bonds is 9. The molecule has 5 heteroatoms. The van der Waals surface area contributed by atoms with Crippen molar-refractivity contribution in [3.05, 3.63) is 29.8 Å². The van der Waals surface area contributed by atoms with Crippen molar-refractivity contribution in [3.8, 4) is 5.75 Å². The summed E-state index contributed by atoms with van der Waals surface area (Å²) in [6, 6.07) is 7.55. The van der Waals surface area contributed by atoms with Gasteiger partial charge in [-0.1, -0.05) is 19.8 Å². The van der Waals surface area contributed by atoms with Gasteiger partial charge in [0.15, 0.2) is 0 Å². The van der Waals surface area contributed by atoms with Gasteiger partial charge in [-0.25, -0.2) is 0 Å². The standard InChI is InChI=1S/C19H31N3O2/c1-2-3-4-16-24-18-8-6-17(7-9-18)19(23)22-14-12-21(13-15-22)11-5-10-20/h6-9H,2-5,10-16,20H2,1H3. The molecule has 1 heterocycles. The predicted molar refractivity (Wildman–Crippen MR) is 97.5 cm³/mol. The molecular formula is C19H31N3O2. The normalized spacial score (nSPS) is 15.5. The summed E-state index contributed by atoms with van der Waals surface area (Å²) in [6.45, 7) is 8.13. The molecule has 0 bridgehead atoms. The molecule has 134 valence electrons. The molecule has 0 aromatic heterocycles. The maximum Gasteiger partial charge on any atom is 0.253 e. The first kappa shape index (κ1) is 18.7. The van der Waals surface area contributed by atoms with Crippen LogP contribution in [0, 0.1) is 0 Å². The number of piperazine rings is 1. The van der Waals surface area contributed by atoms with E-state index in [1.54, 1.807) is 0 Å². The van der Waals surface area contributed by atoms with Crippen molar-refractivity contribution in [1.82, 2.24) is 9.80 Å². The van der Waals surface area contributed by atoms with Crippen LogP contribution in [0.25, 0.3) is 0 Å². The summed E-state index contributed by atoms with van der Waals surface area (Å²) in [7, 11) is 0. The van der Waals surface area contributed by atoms with E-state index in [4.69, 9.17) is 10.5 Å². The van der Waals surface area contributed by atoms with Gasteiger partial charge in [0.2, 0.25) is 0 Å². The Balaban J connectivity index is 1.78.